The molecule has 0 spiro atoms. The summed E-state index contributed by atoms with van der Waals surface area (Å²) in [4.78, 5) is 3.00. The molecule has 0 bridgehead atoms. The number of hydrogen-bond donors (Lipinski definition) is 1. The highest BCUT2D eigenvalue weighted by atomic mass is 32.3. The molecule has 0 radical (unpaired) electrons. The predicted octanol–water partition coefficient (Wildman–Crippen LogP) is 5.65. The van der Waals surface area contributed by atoms with Crippen LogP contribution < -0.4 is 4.31 Å². The van der Waals surface area contributed by atoms with E-state index in [2.05, 4.69) is 40.3 Å². The van der Waals surface area contributed by atoms with Crippen molar-refractivity contribution in [2.24, 2.45) is 13.0 Å². The molecule has 0 saturated carbocycles. The topological polar surface area (TPSA) is 61.6 Å². The van der Waals surface area contributed by atoms with Crippen LogP contribution in [0.3, 0.4) is 0 Å². The Balaban J connectivity index is 1.25. The highest BCUT2D eigenvalue weighted by Crippen LogP contribution is 2.31. The Bertz CT molecular complexity index is 1150. The minimum atomic E-state index is -3.38. The molecule has 1 unspecified atom stereocenters. The molecule has 6 nitrogen and oxygen atoms in total. The Morgan fingerprint density at radius 1 is 1.03 bits per heavy atom. The van der Waals surface area contributed by atoms with E-state index in [0.29, 0.717) is 10.6 Å². The van der Waals surface area contributed by atoms with Crippen LogP contribution in [0.2, 0.25) is 0 Å². The molecular weight excluding hydrogens is 456 g/mol. The Labute approximate surface area is 211 Å². The van der Waals surface area contributed by atoms with Gasteiger partial charge in [0.25, 0.3) is 0 Å². The zero-order valence-electron chi connectivity index (χ0n) is 21.5. The van der Waals surface area contributed by atoms with Gasteiger partial charge in [0.1, 0.15) is 5.69 Å². The van der Waals surface area contributed by atoms with Gasteiger partial charge in [-0.25, -0.2) is 0 Å². The summed E-state index contributed by atoms with van der Waals surface area (Å²) in [7, 11) is 0.133. The maximum absolute atomic E-state index is 13.3. The molecule has 0 amide bonds. The maximum atomic E-state index is 13.3. The molecule has 188 valence electrons. The summed E-state index contributed by atoms with van der Waals surface area (Å²) < 4.78 is 27.5. The van der Waals surface area contributed by atoms with E-state index in [1.54, 1.807) is 23.9 Å². The van der Waals surface area contributed by atoms with E-state index in [9.17, 15) is 8.76 Å². The van der Waals surface area contributed by atoms with E-state index in [1.165, 1.54) is 47.8 Å². The van der Waals surface area contributed by atoms with Crippen molar-refractivity contribution < 1.29 is 8.76 Å². The molecule has 35 heavy (non-hydrogen) atoms. The monoisotopic (exact) mass is 495 g/mol. The van der Waals surface area contributed by atoms with E-state index in [1.807, 2.05) is 33.0 Å². The van der Waals surface area contributed by atoms with Crippen LogP contribution in [0.4, 0.5) is 5.69 Å². The lowest BCUT2D eigenvalue weighted by Gasteiger charge is -2.32. The van der Waals surface area contributed by atoms with Crippen LogP contribution in [0.5, 0.6) is 0 Å². The summed E-state index contributed by atoms with van der Waals surface area (Å²) in [6, 6.07) is 18.4. The van der Waals surface area contributed by atoms with Crippen molar-refractivity contribution in [3.05, 3.63) is 77.1 Å². The molecule has 2 aromatic carbocycles. The van der Waals surface area contributed by atoms with Crippen molar-refractivity contribution in [1.82, 2.24) is 14.7 Å². The molecule has 1 atom stereocenters. The van der Waals surface area contributed by atoms with Gasteiger partial charge in [-0.05, 0) is 86.0 Å². The molecule has 1 aliphatic rings. The molecule has 0 aliphatic carbocycles. The zero-order chi connectivity index (χ0) is 25.0. The third-order valence-corrected chi connectivity index (χ3v) is 9.23. The van der Waals surface area contributed by atoms with E-state index >= 15 is 0 Å². The van der Waals surface area contributed by atoms with Crippen LogP contribution >= 0.6 is 0 Å². The third kappa shape index (κ3) is 6.02. The number of aryl methyl sites for hydroxylation is 3. The molecule has 4 rings (SSSR count). The first-order valence-corrected chi connectivity index (χ1v) is 14.1. The van der Waals surface area contributed by atoms with Crippen LogP contribution in [0, 0.1) is 19.8 Å². The molecular formula is C28H39N4O2S+. The lowest BCUT2D eigenvalue weighted by Crippen LogP contribution is -2.33. The van der Waals surface area contributed by atoms with Crippen LogP contribution in [0.15, 0.2) is 59.5 Å². The second-order valence-electron chi connectivity index (χ2n) is 9.88. The Hall–Kier alpha value is -2.48. The first-order valence-electron chi connectivity index (χ1n) is 12.6. The molecule has 1 aliphatic heterocycles. The van der Waals surface area contributed by atoms with E-state index in [0.717, 1.165) is 36.7 Å². The number of likely N-dealkylation sites (tertiary alicyclic amines) is 1. The largest absolute Gasteiger partial charge is 0.348 e. The van der Waals surface area contributed by atoms with Crippen molar-refractivity contribution in [2.75, 3.05) is 24.4 Å². The van der Waals surface area contributed by atoms with Crippen LogP contribution in [-0.4, -0.2) is 39.4 Å². The smallest absolute Gasteiger partial charge is 0.299 e. The highest BCUT2D eigenvalue weighted by Gasteiger charge is 2.38. The van der Waals surface area contributed by atoms with Gasteiger partial charge >= 0.3 is 10.4 Å². The Morgan fingerprint density at radius 3 is 2.29 bits per heavy atom. The molecule has 1 fully saturated rings. The molecule has 1 N–H and O–H groups in total. The summed E-state index contributed by atoms with van der Waals surface area (Å²) in [5.74, 6) is 0.803. The minimum absolute atomic E-state index is 0.428. The highest BCUT2D eigenvalue weighted by molar-refractivity contribution is 7.99. The van der Waals surface area contributed by atoms with Gasteiger partial charge in [-0.15, -0.1) is 0 Å². The van der Waals surface area contributed by atoms with E-state index in [4.69, 9.17) is 0 Å². The van der Waals surface area contributed by atoms with Gasteiger partial charge in [0.05, 0.1) is 18.4 Å². The van der Waals surface area contributed by atoms with Crippen molar-refractivity contribution in [1.29, 1.82) is 0 Å². The van der Waals surface area contributed by atoms with E-state index in [-0.39, 0.29) is 0 Å². The molecule has 7 heteroatoms. The van der Waals surface area contributed by atoms with Gasteiger partial charge in [0, 0.05) is 13.6 Å². The number of anilines is 1. The average Bonchev–Trinajstić information content (AvgIpc) is 3.11. The summed E-state index contributed by atoms with van der Waals surface area (Å²) in [5.41, 5.74) is 4.95. The van der Waals surface area contributed by atoms with Crippen molar-refractivity contribution in [2.45, 2.75) is 57.4 Å². The lowest BCUT2D eigenvalue weighted by molar-refractivity contribution is 0.171. The number of hydrogen-bond acceptors (Lipinski definition) is 3. The number of benzene rings is 2. The fraction of sp³-hybridized carbons (Fsp3) is 0.464. The molecule has 2 heterocycles. The lowest BCUT2D eigenvalue weighted by atomic mass is 9.90. The van der Waals surface area contributed by atoms with Crippen LogP contribution in [0.1, 0.15) is 48.2 Å². The van der Waals surface area contributed by atoms with Crippen LogP contribution in [-0.2, 0) is 34.6 Å². The fourth-order valence-electron chi connectivity index (χ4n) is 5.20. The molecule has 1 saturated heterocycles. The normalized spacial score (nSPS) is 16.8. The van der Waals surface area contributed by atoms with Gasteiger partial charge in [-0.2, -0.15) is 14.0 Å². The number of piperidine rings is 1. The number of rotatable bonds is 9. The zero-order valence-corrected chi connectivity index (χ0v) is 22.3. The Morgan fingerprint density at radius 2 is 1.69 bits per heavy atom. The first-order chi connectivity index (χ1) is 16.8. The SMILES string of the molecule is Cc1nn(C)c(C)c1N(C)[S+](=O)(O)c1ccc(CCCC2CCN(Cc3ccccc3)CC2)cc1. The summed E-state index contributed by atoms with van der Waals surface area (Å²) in [6.07, 6.45) is 5.97. The second kappa shape index (κ2) is 11.1. The number of nitrogens with zero attached hydrogens (tertiary/aromatic N) is 4. The maximum Gasteiger partial charge on any atom is 0.348 e. The van der Waals surface area contributed by atoms with Gasteiger partial charge in [0.15, 0.2) is 0 Å². The van der Waals surface area contributed by atoms with Gasteiger partial charge in [0.2, 0.25) is 4.90 Å². The fourth-order valence-corrected chi connectivity index (χ4v) is 6.52. The summed E-state index contributed by atoms with van der Waals surface area (Å²) in [6.45, 7) is 7.20. The standard InChI is InChI=1S/C28H38N4O2S/c1-22-28(23(2)30(3)29-22)31(4)35(33,34)27-15-13-24(14-16-27)11-8-12-25-17-19-32(20-18-25)21-26-9-6-5-7-10-26/h5-7,9-10,13-16,25H,8,11-12,17-21H2,1-4H3/p+1. The Kier molecular flexibility index (Phi) is 8.09. The summed E-state index contributed by atoms with van der Waals surface area (Å²) in [5, 5.41) is 4.38. The molecule has 3 aromatic rings. The van der Waals surface area contributed by atoms with E-state index < -0.39 is 10.4 Å². The van der Waals surface area contributed by atoms with Gasteiger partial charge < -0.3 is 0 Å². The average molecular weight is 496 g/mol. The third-order valence-electron chi connectivity index (χ3n) is 7.42. The number of aromatic nitrogens is 2. The van der Waals surface area contributed by atoms with Gasteiger partial charge in [-0.1, -0.05) is 48.9 Å². The van der Waals surface area contributed by atoms with Gasteiger partial charge in [-0.3, -0.25) is 9.58 Å². The second-order valence-corrected chi connectivity index (χ2v) is 11.9. The quantitative estimate of drug-likeness (QED) is 0.390. The minimum Gasteiger partial charge on any atom is -0.299 e. The summed E-state index contributed by atoms with van der Waals surface area (Å²) >= 11 is 0. The molecule has 1 aromatic heterocycles. The first kappa shape index (κ1) is 25.6. The predicted molar refractivity (Wildman–Crippen MR) is 144 cm³/mol. The van der Waals surface area contributed by atoms with Crippen LogP contribution in [0.25, 0.3) is 0 Å². The van der Waals surface area contributed by atoms with Crippen molar-refractivity contribution >= 4 is 16.1 Å². The van der Waals surface area contributed by atoms with Crippen molar-refractivity contribution in [3.8, 4) is 0 Å². The van der Waals surface area contributed by atoms with Crippen molar-refractivity contribution in [3.63, 3.8) is 0 Å².